The fourth-order valence-electron chi connectivity index (χ4n) is 0.291. The van der Waals surface area contributed by atoms with Gasteiger partial charge in [0.2, 0.25) is 0 Å². The quantitative estimate of drug-likeness (QED) is 0.504. The van der Waals surface area contributed by atoms with Gasteiger partial charge in [-0.1, -0.05) is 11.6 Å². The minimum Gasteiger partial charge on any atom is -0.213 e. The molecular weight excluding hydrogens is 216 g/mol. The normalized spacial score (nSPS) is 18.5. The molecule has 0 spiro atoms. The highest BCUT2D eigenvalue weighted by Crippen LogP contribution is 2.44. The third kappa shape index (κ3) is 1.75. The smallest absolute Gasteiger partial charge is 0.213 e. The van der Waals surface area contributed by atoms with Crippen LogP contribution in [0.25, 0.3) is 0 Å². The summed E-state index contributed by atoms with van der Waals surface area (Å²) in [7, 11) is 0. The van der Waals surface area contributed by atoms with Crippen molar-refractivity contribution in [2.75, 3.05) is 0 Å². The van der Waals surface area contributed by atoms with E-state index in [1.807, 2.05) is 0 Å². The second-order valence-corrected chi connectivity index (χ2v) is 2.40. The second-order valence-electron chi connectivity index (χ2n) is 1.85. The molecule has 0 aromatic heterocycles. The van der Waals surface area contributed by atoms with Crippen LogP contribution in [0.2, 0.25) is 0 Å². The molecule has 74 valence electrons. The Morgan fingerprint density at radius 1 is 0.833 bits per heavy atom. The Balaban J connectivity index is 4.75. The van der Waals surface area contributed by atoms with Gasteiger partial charge in [-0.05, 0) is 0 Å². The molecule has 0 nitrogen and oxygen atoms in total. The maximum Gasteiger partial charge on any atom is 0.360 e. The van der Waals surface area contributed by atoms with Crippen molar-refractivity contribution in [1.29, 1.82) is 0 Å². The van der Waals surface area contributed by atoms with Gasteiger partial charge in [0.1, 0.15) is 0 Å². The van der Waals surface area contributed by atoms with Crippen LogP contribution in [0, 0.1) is 0 Å². The van der Waals surface area contributed by atoms with E-state index >= 15 is 0 Å². The fourth-order valence-corrected chi connectivity index (χ4v) is 0.373. The van der Waals surface area contributed by atoms with Crippen molar-refractivity contribution in [2.45, 2.75) is 23.9 Å². The minimum atomic E-state index is -5.57. The number of hydrogen-bond donors (Lipinski definition) is 0. The van der Waals surface area contributed by atoms with Gasteiger partial charge in [0.05, 0.1) is 0 Å². The van der Waals surface area contributed by atoms with Crippen LogP contribution in [0.5, 0.6) is 0 Å². The standard InChI is InChI=1S/C4H2ClF7/c5-3(10,1(6)7)4(11,12)2(8)9/h1-2H. The zero-order chi connectivity index (χ0) is 10.2. The Hall–Kier alpha value is -0.200. The van der Waals surface area contributed by atoms with E-state index < -0.39 is 23.9 Å². The summed E-state index contributed by atoms with van der Waals surface area (Å²) in [6.07, 6.45) is -8.96. The van der Waals surface area contributed by atoms with Crippen molar-refractivity contribution in [1.82, 2.24) is 0 Å². The SMILES string of the molecule is FC(F)C(F)(F)C(F)(Cl)C(F)F. The molecule has 0 aliphatic heterocycles. The molecule has 0 saturated heterocycles. The van der Waals surface area contributed by atoms with Gasteiger partial charge in [-0.15, -0.1) is 0 Å². The van der Waals surface area contributed by atoms with Crippen molar-refractivity contribution in [3.05, 3.63) is 0 Å². The van der Waals surface area contributed by atoms with Crippen molar-refractivity contribution in [3.8, 4) is 0 Å². The second kappa shape index (κ2) is 3.27. The molecule has 12 heavy (non-hydrogen) atoms. The summed E-state index contributed by atoms with van der Waals surface area (Å²) in [5.41, 5.74) is 0. The molecular formula is C4H2ClF7. The predicted octanol–water partition coefficient (Wildman–Crippen LogP) is 3.06. The highest BCUT2D eigenvalue weighted by atomic mass is 35.5. The highest BCUT2D eigenvalue weighted by Gasteiger charge is 2.66. The first kappa shape index (κ1) is 11.8. The Bertz CT molecular complexity index is 135. The molecule has 0 aliphatic carbocycles. The van der Waals surface area contributed by atoms with E-state index in [0.29, 0.717) is 0 Å². The lowest BCUT2D eigenvalue weighted by Crippen LogP contribution is -2.50. The van der Waals surface area contributed by atoms with Gasteiger partial charge in [-0.3, -0.25) is 0 Å². The monoisotopic (exact) mass is 218 g/mol. The molecule has 1 atom stereocenters. The Morgan fingerprint density at radius 3 is 1.25 bits per heavy atom. The van der Waals surface area contributed by atoms with Crippen LogP contribution in [0.3, 0.4) is 0 Å². The van der Waals surface area contributed by atoms with Gasteiger partial charge in [-0.25, -0.2) is 22.0 Å². The first-order valence-corrected chi connectivity index (χ1v) is 2.83. The van der Waals surface area contributed by atoms with Crippen LogP contribution in [0.1, 0.15) is 0 Å². The van der Waals surface area contributed by atoms with Crippen molar-refractivity contribution in [3.63, 3.8) is 0 Å². The summed E-state index contributed by atoms with van der Waals surface area (Å²) in [5.74, 6) is -5.57. The molecule has 0 saturated carbocycles. The van der Waals surface area contributed by atoms with Crippen molar-refractivity contribution in [2.24, 2.45) is 0 Å². The molecule has 0 fully saturated rings. The number of rotatable bonds is 3. The first-order valence-electron chi connectivity index (χ1n) is 2.46. The van der Waals surface area contributed by atoms with E-state index in [9.17, 15) is 30.7 Å². The van der Waals surface area contributed by atoms with Crippen LogP contribution in [0.15, 0.2) is 0 Å². The Labute approximate surface area is 67.3 Å². The number of halogens is 8. The summed E-state index contributed by atoms with van der Waals surface area (Å²) >= 11 is 3.91. The van der Waals surface area contributed by atoms with Crippen molar-refractivity contribution < 1.29 is 30.7 Å². The average Bonchev–Trinajstić information content (AvgIpc) is 1.86. The van der Waals surface area contributed by atoms with Gasteiger partial charge in [-0.2, -0.15) is 8.78 Å². The molecule has 0 amide bonds. The van der Waals surface area contributed by atoms with Gasteiger partial charge in [0, 0.05) is 0 Å². The van der Waals surface area contributed by atoms with Gasteiger partial charge in [0.15, 0.2) is 0 Å². The van der Waals surface area contributed by atoms with E-state index in [0.717, 1.165) is 0 Å². The molecule has 0 aromatic rings. The van der Waals surface area contributed by atoms with Crippen LogP contribution in [0.4, 0.5) is 30.7 Å². The lowest BCUT2D eigenvalue weighted by Gasteiger charge is -2.25. The van der Waals surface area contributed by atoms with Crippen molar-refractivity contribution >= 4 is 11.6 Å². The highest BCUT2D eigenvalue weighted by molar-refractivity contribution is 6.23. The van der Waals surface area contributed by atoms with Crippen LogP contribution in [-0.2, 0) is 0 Å². The maximum atomic E-state index is 12.0. The van der Waals surface area contributed by atoms with Crippen LogP contribution >= 0.6 is 11.6 Å². The molecule has 0 heterocycles. The van der Waals surface area contributed by atoms with E-state index in [2.05, 4.69) is 11.6 Å². The predicted molar refractivity (Wildman–Crippen MR) is 26.6 cm³/mol. The molecule has 0 rings (SSSR count). The number of alkyl halides is 8. The van der Waals surface area contributed by atoms with Gasteiger partial charge < -0.3 is 0 Å². The average molecular weight is 218 g/mol. The summed E-state index contributed by atoms with van der Waals surface area (Å²) in [6.45, 7) is 0. The molecule has 0 radical (unpaired) electrons. The largest absolute Gasteiger partial charge is 0.360 e. The molecule has 0 aromatic carbocycles. The fraction of sp³-hybridized carbons (Fsp3) is 1.00. The topological polar surface area (TPSA) is 0 Å². The summed E-state index contributed by atoms with van der Waals surface area (Å²) in [6, 6.07) is 0. The van der Waals surface area contributed by atoms with Crippen LogP contribution in [-0.4, -0.2) is 23.9 Å². The lowest BCUT2D eigenvalue weighted by atomic mass is 10.2. The Morgan fingerprint density at radius 2 is 1.17 bits per heavy atom. The van der Waals surface area contributed by atoms with E-state index in [1.54, 1.807) is 0 Å². The zero-order valence-electron chi connectivity index (χ0n) is 5.18. The third-order valence-electron chi connectivity index (χ3n) is 0.993. The number of hydrogen-bond acceptors (Lipinski definition) is 0. The lowest BCUT2D eigenvalue weighted by molar-refractivity contribution is -0.217. The van der Waals surface area contributed by atoms with E-state index in [4.69, 9.17) is 0 Å². The molecule has 8 heteroatoms. The van der Waals surface area contributed by atoms with Gasteiger partial charge in [0.25, 0.3) is 6.43 Å². The zero-order valence-corrected chi connectivity index (χ0v) is 5.93. The molecule has 0 N–H and O–H groups in total. The molecule has 0 bridgehead atoms. The molecule has 0 aliphatic rings. The molecule has 1 unspecified atom stereocenters. The van der Waals surface area contributed by atoms with Crippen LogP contribution < -0.4 is 0 Å². The summed E-state index contributed by atoms with van der Waals surface area (Å²) < 4.78 is 80.9. The maximum absolute atomic E-state index is 12.0. The Kier molecular flexibility index (Phi) is 3.22. The summed E-state index contributed by atoms with van der Waals surface area (Å²) in [5, 5.41) is -5.03. The minimum absolute atomic E-state index is 3.91. The summed E-state index contributed by atoms with van der Waals surface area (Å²) in [4.78, 5) is 0. The van der Waals surface area contributed by atoms with E-state index in [1.165, 1.54) is 0 Å². The van der Waals surface area contributed by atoms with E-state index in [-0.39, 0.29) is 0 Å². The first-order chi connectivity index (χ1) is 5.14. The van der Waals surface area contributed by atoms with Gasteiger partial charge >= 0.3 is 17.5 Å². The third-order valence-corrected chi connectivity index (χ3v) is 1.41.